The van der Waals surface area contributed by atoms with E-state index in [-0.39, 0.29) is 18.2 Å². The molecule has 2 heterocycles. The third kappa shape index (κ3) is 4.48. The maximum Gasteiger partial charge on any atom is 0.243 e. The van der Waals surface area contributed by atoms with Crippen LogP contribution in [0.3, 0.4) is 0 Å². The van der Waals surface area contributed by atoms with E-state index >= 15 is 0 Å². The third-order valence-electron chi connectivity index (χ3n) is 4.26. The van der Waals surface area contributed by atoms with Crippen LogP contribution in [0.4, 0.5) is 0 Å². The molecule has 25 heavy (non-hydrogen) atoms. The van der Waals surface area contributed by atoms with Crippen molar-refractivity contribution in [2.75, 3.05) is 6.54 Å². The summed E-state index contributed by atoms with van der Waals surface area (Å²) in [6, 6.07) is 9.12. The van der Waals surface area contributed by atoms with Gasteiger partial charge in [-0.1, -0.05) is 33.2 Å². The molecule has 3 rings (SSSR count). The largest absolute Gasteiger partial charge is 0.361 e. The molecule has 1 atom stereocenters. The van der Waals surface area contributed by atoms with Crippen molar-refractivity contribution in [3.05, 3.63) is 51.8 Å². The molecule has 0 spiro atoms. The van der Waals surface area contributed by atoms with Gasteiger partial charge in [-0.3, -0.25) is 9.59 Å². The topological polar surface area (TPSA) is 75.4 Å². The van der Waals surface area contributed by atoms with Crippen LogP contribution in [-0.4, -0.2) is 34.5 Å². The molecule has 1 fully saturated rings. The van der Waals surface area contributed by atoms with Gasteiger partial charge in [0.2, 0.25) is 11.8 Å². The summed E-state index contributed by atoms with van der Waals surface area (Å²) < 4.78 is 6.10. The second-order valence-electron chi connectivity index (χ2n) is 6.20. The van der Waals surface area contributed by atoms with Gasteiger partial charge in [0.15, 0.2) is 0 Å². The Morgan fingerprint density at radius 2 is 2.12 bits per heavy atom. The molecule has 1 aliphatic rings. The molecule has 0 aliphatic carbocycles. The van der Waals surface area contributed by atoms with Crippen molar-refractivity contribution in [2.45, 2.75) is 38.8 Å². The van der Waals surface area contributed by atoms with E-state index in [1.807, 2.05) is 31.2 Å². The fraction of sp³-hybridized carbons (Fsp3) is 0.389. The molecule has 1 aliphatic heterocycles. The summed E-state index contributed by atoms with van der Waals surface area (Å²) in [4.78, 5) is 26.7. The summed E-state index contributed by atoms with van der Waals surface area (Å²) in [5, 5.41) is 6.72. The van der Waals surface area contributed by atoms with Gasteiger partial charge in [-0.2, -0.15) is 0 Å². The van der Waals surface area contributed by atoms with Crippen LogP contribution in [0.5, 0.6) is 0 Å². The third-order valence-corrected chi connectivity index (χ3v) is 4.79. The zero-order valence-electron chi connectivity index (χ0n) is 14.0. The first-order valence-corrected chi connectivity index (χ1v) is 9.06. The Hall–Kier alpha value is -2.15. The average molecular weight is 406 g/mol. The van der Waals surface area contributed by atoms with Crippen LogP contribution < -0.4 is 5.32 Å². The van der Waals surface area contributed by atoms with E-state index in [1.165, 1.54) is 0 Å². The van der Waals surface area contributed by atoms with Gasteiger partial charge < -0.3 is 14.7 Å². The predicted octanol–water partition coefficient (Wildman–Crippen LogP) is 2.60. The van der Waals surface area contributed by atoms with Gasteiger partial charge in [0, 0.05) is 23.6 Å². The molecule has 0 radical (unpaired) electrons. The first-order chi connectivity index (χ1) is 12.0. The molecular weight excluding hydrogens is 386 g/mol. The van der Waals surface area contributed by atoms with E-state index in [0.717, 1.165) is 22.2 Å². The van der Waals surface area contributed by atoms with Gasteiger partial charge in [-0.25, -0.2) is 0 Å². The van der Waals surface area contributed by atoms with Crippen molar-refractivity contribution in [2.24, 2.45) is 0 Å². The lowest BCUT2D eigenvalue weighted by Gasteiger charge is -2.23. The lowest BCUT2D eigenvalue weighted by Crippen LogP contribution is -2.46. The number of benzene rings is 1. The summed E-state index contributed by atoms with van der Waals surface area (Å²) in [6.07, 6.45) is 1.65. The average Bonchev–Trinajstić information content (AvgIpc) is 3.23. The van der Waals surface area contributed by atoms with Crippen LogP contribution in [-0.2, 0) is 22.6 Å². The summed E-state index contributed by atoms with van der Waals surface area (Å²) in [6.45, 7) is 2.86. The smallest absolute Gasteiger partial charge is 0.243 e. The first-order valence-electron chi connectivity index (χ1n) is 8.27. The van der Waals surface area contributed by atoms with Crippen LogP contribution in [0.1, 0.15) is 29.9 Å². The minimum atomic E-state index is -0.410. The van der Waals surface area contributed by atoms with Gasteiger partial charge in [-0.15, -0.1) is 0 Å². The van der Waals surface area contributed by atoms with E-state index in [2.05, 4.69) is 26.4 Å². The highest BCUT2D eigenvalue weighted by atomic mass is 79.9. The number of halogens is 1. The van der Waals surface area contributed by atoms with Gasteiger partial charge in [0.1, 0.15) is 11.8 Å². The van der Waals surface area contributed by atoms with Crippen LogP contribution >= 0.6 is 15.9 Å². The molecule has 1 N–H and O–H groups in total. The number of rotatable bonds is 5. The van der Waals surface area contributed by atoms with Gasteiger partial charge in [-0.05, 0) is 37.5 Å². The molecule has 132 valence electrons. The van der Waals surface area contributed by atoms with E-state index in [4.69, 9.17) is 4.52 Å². The first kappa shape index (κ1) is 17.7. The van der Waals surface area contributed by atoms with E-state index in [9.17, 15) is 9.59 Å². The minimum Gasteiger partial charge on any atom is -0.361 e. The number of carbonyl (C=O) groups excluding carboxylic acids is 2. The molecule has 1 saturated heterocycles. The standard InChI is InChI=1S/C18H20BrN3O3/c1-12-9-15(25-21-12)10-17(23)22-8-2-3-16(22)18(24)20-11-13-4-6-14(19)7-5-13/h4-7,9,16H,2-3,8,10-11H2,1H3,(H,20,24)/t16-/m0/s1. The van der Waals surface area contributed by atoms with E-state index in [0.29, 0.717) is 25.3 Å². The molecule has 0 saturated carbocycles. The molecule has 1 aromatic heterocycles. The lowest BCUT2D eigenvalue weighted by atomic mass is 10.1. The maximum atomic E-state index is 12.5. The van der Waals surface area contributed by atoms with Crippen molar-refractivity contribution in [1.29, 1.82) is 0 Å². The molecule has 2 aromatic rings. The van der Waals surface area contributed by atoms with Gasteiger partial charge in [0.25, 0.3) is 0 Å². The Labute approximate surface area is 154 Å². The second-order valence-corrected chi connectivity index (χ2v) is 7.12. The van der Waals surface area contributed by atoms with Gasteiger partial charge in [0.05, 0.1) is 12.1 Å². The number of aromatic nitrogens is 1. The number of amides is 2. The van der Waals surface area contributed by atoms with Crippen molar-refractivity contribution in [1.82, 2.24) is 15.4 Å². The normalized spacial score (nSPS) is 16.9. The molecule has 7 heteroatoms. The Morgan fingerprint density at radius 1 is 1.36 bits per heavy atom. The number of carbonyl (C=O) groups is 2. The summed E-state index contributed by atoms with van der Waals surface area (Å²) >= 11 is 3.39. The number of aryl methyl sites for hydroxylation is 1. The highest BCUT2D eigenvalue weighted by Gasteiger charge is 2.34. The van der Waals surface area contributed by atoms with Crippen molar-refractivity contribution < 1.29 is 14.1 Å². The number of hydrogen-bond acceptors (Lipinski definition) is 4. The molecular formula is C18H20BrN3O3. The van der Waals surface area contributed by atoms with Crippen LogP contribution in [0, 0.1) is 6.92 Å². The second kappa shape index (κ2) is 7.82. The Morgan fingerprint density at radius 3 is 2.80 bits per heavy atom. The summed E-state index contributed by atoms with van der Waals surface area (Å²) in [5.74, 6) is 0.323. The number of hydrogen-bond donors (Lipinski definition) is 1. The zero-order chi connectivity index (χ0) is 17.8. The van der Waals surface area contributed by atoms with Crippen LogP contribution in [0.25, 0.3) is 0 Å². The quantitative estimate of drug-likeness (QED) is 0.829. The van der Waals surface area contributed by atoms with Crippen LogP contribution in [0.2, 0.25) is 0 Å². The Bertz CT molecular complexity index is 757. The van der Waals surface area contributed by atoms with Crippen LogP contribution in [0.15, 0.2) is 39.3 Å². The molecule has 0 bridgehead atoms. The lowest BCUT2D eigenvalue weighted by molar-refractivity contribution is -0.138. The molecule has 0 unspecified atom stereocenters. The maximum absolute atomic E-state index is 12.5. The number of nitrogens with zero attached hydrogens (tertiary/aromatic N) is 2. The summed E-state index contributed by atoms with van der Waals surface area (Å²) in [5.41, 5.74) is 1.76. The Balaban J connectivity index is 1.57. The monoisotopic (exact) mass is 405 g/mol. The zero-order valence-corrected chi connectivity index (χ0v) is 15.6. The van der Waals surface area contributed by atoms with Crippen molar-refractivity contribution >= 4 is 27.7 Å². The highest BCUT2D eigenvalue weighted by Crippen LogP contribution is 2.19. The number of likely N-dealkylation sites (tertiary alicyclic amines) is 1. The predicted molar refractivity (Wildman–Crippen MR) is 95.7 cm³/mol. The van der Waals surface area contributed by atoms with E-state index in [1.54, 1.807) is 11.0 Å². The van der Waals surface area contributed by atoms with Crippen molar-refractivity contribution in [3.63, 3.8) is 0 Å². The number of nitrogens with one attached hydrogen (secondary N) is 1. The van der Waals surface area contributed by atoms with E-state index < -0.39 is 6.04 Å². The fourth-order valence-corrected chi connectivity index (χ4v) is 3.26. The summed E-state index contributed by atoms with van der Waals surface area (Å²) in [7, 11) is 0. The SMILES string of the molecule is Cc1cc(CC(=O)N2CCC[C@H]2C(=O)NCc2ccc(Br)cc2)on1. The van der Waals surface area contributed by atoms with Crippen molar-refractivity contribution in [3.8, 4) is 0 Å². The molecule has 1 aromatic carbocycles. The fourth-order valence-electron chi connectivity index (χ4n) is 3.00. The van der Waals surface area contributed by atoms with Gasteiger partial charge >= 0.3 is 0 Å². The highest BCUT2D eigenvalue weighted by molar-refractivity contribution is 9.10. The molecule has 6 nitrogen and oxygen atoms in total. The Kier molecular flexibility index (Phi) is 5.53. The molecule has 2 amide bonds. The minimum absolute atomic E-state index is 0.0996.